The first-order chi connectivity index (χ1) is 15.6. The summed E-state index contributed by atoms with van der Waals surface area (Å²) < 4.78 is 5.25. The molecule has 3 aromatic rings. The number of benzene rings is 1. The number of hydrogen-bond acceptors (Lipinski definition) is 5. The Morgan fingerprint density at radius 1 is 1.16 bits per heavy atom. The predicted molar refractivity (Wildman–Crippen MR) is 130 cm³/mol. The molecular formula is C26H31N3O2S. The molecule has 0 saturated carbocycles. The van der Waals surface area contributed by atoms with E-state index in [2.05, 4.69) is 33.8 Å². The van der Waals surface area contributed by atoms with E-state index in [1.54, 1.807) is 18.4 Å². The van der Waals surface area contributed by atoms with E-state index in [4.69, 9.17) is 9.72 Å². The highest BCUT2D eigenvalue weighted by molar-refractivity contribution is 7.09. The molecule has 3 heterocycles. The van der Waals surface area contributed by atoms with Crippen molar-refractivity contribution >= 4 is 17.2 Å². The Balaban J connectivity index is 1.35. The van der Waals surface area contributed by atoms with Gasteiger partial charge in [-0.2, -0.15) is 0 Å². The highest BCUT2D eigenvalue weighted by Gasteiger charge is 2.26. The van der Waals surface area contributed by atoms with E-state index in [9.17, 15) is 4.79 Å². The van der Waals surface area contributed by atoms with Crippen LogP contribution in [0.15, 0.2) is 53.9 Å². The van der Waals surface area contributed by atoms with Crippen molar-refractivity contribution in [2.75, 3.05) is 26.7 Å². The fraction of sp³-hybridized carbons (Fsp3) is 0.385. The summed E-state index contributed by atoms with van der Waals surface area (Å²) >= 11 is 1.73. The van der Waals surface area contributed by atoms with Crippen LogP contribution < -0.4 is 10.1 Å². The molecule has 1 N–H and O–H groups in total. The summed E-state index contributed by atoms with van der Waals surface area (Å²) in [6.45, 7) is 5.60. The van der Waals surface area contributed by atoms with Crippen molar-refractivity contribution in [2.24, 2.45) is 0 Å². The van der Waals surface area contributed by atoms with Crippen LogP contribution in [0.5, 0.6) is 5.75 Å². The first kappa shape index (κ1) is 22.5. The van der Waals surface area contributed by atoms with Crippen LogP contribution in [0, 0.1) is 6.92 Å². The normalized spacial score (nSPS) is 14.9. The Bertz CT molecular complexity index is 1010. The van der Waals surface area contributed by atoms with Gasteiger partial charge in [0.1, 0.15) is 5.75 Å². The lowest BCUT2D eigenvalue weighted by molar-refractivity contribution is 0.0951. The minimum absolute atomic E-state index is 0.00952. The number of pyridine rings is 1. The molecule has 0 bridgehead atoms. The number of ether oxygens (including phenoxy) is 1. The van der Waals surface area contributed by atoms with Crippen molar-refractivity contribution < 1.29 is 9.53 Å². The van der Waals surface area contributed by atoms with Gasteiger partial charge in [-0.25, -0.2) is 0 Å². The van der Waals surface area contributed by atoms with Gasteiger partial charge in [0.15, 0.2) is 0 Å². The van der Waals surface area contributed by atoms with Crippen molar-refractivity contribution in [1.82, 2.24) is 15.2 Å². The molecule has 0 aliphatic carbocycles. The van der Waals surface area contributed by atoms with Crippen LogP contribution >= 0.6 is 11.3 Å². The number of aryl methyl sites for hydroxylation is 1. The third-order valence-electron chi connectivity index (χ3n) is 6.09. The largest absolute Gasteiger partial charge is 0.497 e. The fourth-order valence-electron chi connectivity index (χ4n) is 4.28. The number of rotatable bonds is 8. The number of piperidine rings is 1. The number of amides is 1. The minimum Gasteiger partial charge on any atom is -0.497 e. The van der Waals surface area contributed by atoms with Gasteiger partial charge in [0.25, 0.3) is 5.91 Å². The lowest BCUT2D eigenvalue weighted by atomic mass is 9.89. The molecule has 1 amide bonds. The summed E-state index contributed by atoms with van der Waals surface area (Å²) in [6.07, 6.45) is 2.89. The average Bonchev–Trinajstić information content (AvgIpc) is 3.33. The second-order valence-electron chi connectivity index (χ2n) is 8.37. The SMILES string of the molecule is COc1ccc(CN2CCC(c3nc(C)ccc3C(=O)NCCc3cccs3)CC2)cc1. The first-order valence-corrected chi connectivity index (χ1v) is 12.1. The van der Waals surface area contributed by atoms with Crippen LogP contribution in [0.2, 0.25) is 0 Å². The van der Waals surface area contributed by atoms with E-state index in [1.807, 2.05) is 37.3 Å². The Labute approximate surface area is 194 Å². The number of hydrogen-bond donors (Lipinski definition) is 1. The quantitative estimate of drug-likeness (QED) is 0.536. The number of carbonyl (C=O) groups is 1. The van der Waals surface area contributed by atoms with Crippen LogP contribution in [-0.4, -0.2) is 42.5 Å². The molecule has 32 heavy (non-hydrogen) atoms. The van der Waals surface area contributed by atoms with Gasteiger partial charge in [-0.1, -0.05) is 18.2 Å². The van der Waals surface area contributed by atoms with Crippen LogP contribution in [0.1, 0.15) is 50.9 Å². The highest BCUT2D eigenvalue weighted by atomic mass is 32.1. The second kappa shape index (κ2) is 10.7. The summed E-state index contributed by atoms with van der Waals surface area (Å²) in [5, 5.41) is 5.16. The molecule has 1 aliphatic heterocycles. The molecule has 1 saturated heterocycles. The molecule has 4 rings (SSSR count). The molecule has 0 unspecified atom stereocenters. The summed E-state index contributed by atoms with van der Waals surface area (Å²) in [5.74, 6) is 1.20. The number of methoxy groups -OCH3 is 1. The van der Waals surface area contributed by atoms with Crippen LogP contribution in [-0.2, 0) is 13.0 Å². The third-order valence-corrected chi connectivity index (χ3v) is 7.02. The molecule has 0 radical (unpaired) electrons. The topological polar surface area (TPSA) is 54.5 Å². The third kappa shape index (κ3) is 5.75. The molecule has 1 aromatic carbocycles. The Kier molecular flexibility index (Phi) is 7.55. The van der Waals surface area contributed by atoms with Crippen molar-refractivity contribution in [3.63, 3.8) is 0 Å². The molecular weight excluding hydrogens is 418 g/mol. The van der Waals surface area contributed by atoms with Gasteiger partial charge < -0.3 is 10.1 Å². The number of nitrogens with zero attached hydrogens (tertiary/aromatic N) is 2. The van der Waals surface area contributed by atoms with Gasteiger partial charge >= 0.3 is 0 Å². The molecule has 2 aromatic heterocycles. The first-order valence-electron chi connectivity index (χ1n) is 11.3. The smallest absolute Gasteiger partial charge is 0.253 e. The number of likely N-dealkylation sites (tertiary alicyclic amines) is 1. The standard InChI is InChI=1S/C26H31N3O2S/c1-19-5-10-24(26(30)27-14-11-23-4-3-17-32-23)25(28-19)21-12-15-29(16-13-21)18-20-6-8-22(31-2)9-7-20/h3-10,17,21H,11-16,18H2,1-2H3,(H,27,30). The van der Waals surface area contributed by atoms with E-state index < -0.39 is 0 Å². The maximum absolute atomic E-state index is 12.9. The van der Waals surface area contributed by atoms with Gasteiger partial charge in [0, 0.05) is 29.6 Å². The zero-order valence-electron chi connectivity index (χ0n) is 18.8. The summed E-state index contributed by atoms with van der Waals surface area (Å²) in [4.78, 5) is 21.5. The van der Waals surface area contributed by atoms with E-state index >= 15 is 0 Å². The van der Waals surface area contributed by atoms with Gasteiger partial charge in [0.2, 0.25) is 0 Å². The average molecular weight is 450 g/mol. The zero-order valence-corrected chi connectivity index (χ0v) is 19.7. The van der Waals surface area contributed by atoms with Crippen molar-refractivity contribution in [3.05, 3.63) is 81.3 Å². The van der Waals surface area contributed by atoms with Gasteiger partial charge in [-0.05, 0) is 80.6 Å². The van der Waals surface area contributed by atoms with Crippen LogP contribution in [0.3, 0.4) is 0 Å². The molecule has 1 fully saturated rings. The van der Waals surface area contributed by atoms with E-state index in [0.717, 1.165) is 61.6 Å². The lowest BCUT2D eigenvalue weighted by Crippen LogP contribution is -2.34. The molecule has 168 valence electrons. The maximum atomic E-state index is 12.9. The van der Waals surface area contributed by atoms with Crippen molar-refractivity contribution in [3.8, 4) is 5.75 Å². The molecule has 0 atom stereocenters. The van der Waals surface area contributed by atoms with E-state index in [0.29, 0.717) is 12.5 Å². The predicted octanol–water partition coefficient (Wildman–Crippen LogP) is 4.81. The zero-order chi connectivity index (χ0) is 22.3. The molecule has 5 nitrogen and oxygen atoms in total. The van der Waals surface area contributed by atoms with Crippen molar-refractivity contribution in [2.45, 2.75) is 38.6 Å². The molecule has 6 heteroatoms. The molecule has 1 aliphatic rings. The number of nitrogens with one attached hydrogen (secondary N) is 1. The summed E-state index contributed by atoms with van der Waals surface area (Å²) in [7, 11) is 1.69. The number of thiophene rings is 1. The van der Waals surface area contributed by atoms with Crippen LogP contribution in [0.4, 0.5) is 0 Å². The Morgan fingerprint density at radius 3 is 2.62 bits per heavy atom. The summed E-state index contributed by atoms with van der Waals surface area (Å²) in [5.41, 5.74) is 3.96. The fourth-order valence-corrected chi connectivity index (χ4v) is 4.99. The number of carbonyl (C=O) groups excluding carboxylic acids is 1. The maximum Gasteiger partial charge on any atom is 0.253 e. The summed E-state index contributed by atoms with van der Waals surface area (Å²) in [6, 6.07) is 16.3. The minimum atomic E-state index is -0.00952. The Morgan fingerprint density at radius 2 is 1.94 bits per heavy atom. The van der Waals surface area contributed by atoms with Gasteiger partial charge in [-0.3, -0.25) is 14.7 Å². The van der Waals surface area contributed by atoms with Crippen molar-refractivity contribution in [1.29, 1.82) is 0 Å². The van der Waals surface area contributed by atoms with E-state index in [1.165, 1.54) is 10.4 Å². The van der Waals surface area contributed by atoms with Crippen LogP contribution in [0.25, 0.3) is 0 Å². The molecule has 0 spiro atoms. The lowest BCUT2D eigenvalue weighted by Gasteiger charge is -2.32. The van der Waals surface area contributed by atoms with E-state index in [-0.39, 0.29) is 5.91 Å². The monoisotopic (exact) mass is 449 g/mol. The second-order valence-corrected chi connectivity index (χ2v) is 9.40. The Hall–Kier alpha value is -2.70. The van der Waals surface area contributed by atoms with Gasteiger partial charge in [0.05, 0.1) is 18.4 Å². The van der Waals surface area contributed by atoms with Gasteiger partial charge in [-0.15, -0.1) is 11.3 Å². The number of aromatic nitrogens is 1. The highest BCUT2D eigenvalue weighted by Crippen LogP contribution is 2.30.